The third-order valence-electron chi connectivity index (χ3n) is 5.10. The Morgan fingerprint density at radius 2 is 1.88 bits per heavy atom. The minimum Gasteiger partial charge on any atom is -0.356 e. The molecule has 0 bridgehead atoms. The first-order valence-electron chi connectivity index (χ1n) is 8.97. The molecule has 0 unspecified atom stereocenters. The quantitative estimate of drug-likeness (QED) is 0.648. The molecule has 0 aliphatic heterocycles. The van der Waals surface area contributed by atoms with E-state index in [1.54, 1.807) is 12.1 Å². The highest BCUT2D eigenvalue weighted by atomic mass is 35.5. The summed E-state index contributed by atoms with van der Waals surface area (Å²) >= 11 is 6.04. The van der Waals surface area contributed by atoms with Gasteiger partial charge < -0.3 is 16.4 Å². The molecule has 0 spiro atoms. The molecule has 1 aliphatic carbocycles. The maximum atomic E-state index is 12.2. The maximum Gasteiger partial charge on any atom is 0.226 e. The van der Waals surface area contributed by atoms with E-state index in [1.807, 2.05) is 13.0 Å². The summed E-state index contributed by atoms with van der Waals surface area (Å²) < 4.78 is 0. The predicted octanol–water partition coefficient (Wildman–Crippen LogP) is 3.81. The van der Waals surface area contributed by atoms with Crippen molar-refractivity contribution in [3.63, 3.8) is 0 Å². The summed E-state index contributed by atoms with van der Waals surface area (Å²) in [4.78, 5) is 24.2. The molecule has 2 rings (SSSR count). The Labute approximate surface area is 166 Å². The van der Waals surface area contributed by atoms with Crippen molar-refractivity contribution >= 4 is 41.5 Å². The zero-order valence-corrected chi connectivity index (χ0v) is 16.8. The zero-order chi connectivity index (χ0) is 18.3. The van der Waals surface area contributed by atoms with Gasteiger partial charge in [-0.25, -0.2) is 0 Å². The van der Waals surface area contributed by atoms with E-state index in [2.05, 4.69) is 10.6 Å². The Morgan fingerprint density at radius 1 is 1.19 bits per heavy atom. The molecule has 7 heteroatoms. The predicted molar refractivity (Wildman–Crippen MR) is 109 cm³/mol. The first kappa shape index (κ1) is 22.7. The highest BCUT2D eigenvalue weighted by Gasteiger charge is 2.32. The second-order valence-corrected chi connectivity index (χ2v) is 7.41. The van der Waals surface area contributed by atoms with Gasteiger partial charge in [0.15, 0.2) is 0 Å². The van der Waals surface area contributed by atoms with Crippen molar-refractivity contribution in [2.45, 2.75) is 51.9 Å². The minimum absolute atomic E-state index is 0. The van der Waals surface area contributed by atoms with Gasteiger partial charge in [0.2, 0.25) is 11.8 Å². The summed E-state index contributed by atoms with van der Waals surface area (Å²) in [6.45, 7) is 2.73. The van der Waals surface area contributed by atoms with Crippen LogP contribution in [-0.2, 0) is 9.59 Å². The monoisotopic (exact) mass is 401 g/mol. The number of rotatable bonds is 7. The number of halogens is 2. The first-order valence-corrected chi connectivity index (χ1v) is 9.35. The van der Waals surface area contributed by atoms with Crippen molar-refractivity contribution in [3.8, 4) is 0 Å². The van der Waals surface area contributed by atoms with Crippen LogP contribution in [0.25, 0.3) is 0 Å². The molecular weight excluding hydrogens is 373 g/mol. The fourth-order valence-electron chi connectivity index (χ4n) is 3.43. The van der Waals surface area contributed by atoms with Crippen molar-refractivity contribution in [2.75, 3.05) is 18.4 Å². The number of benzene rings is 1. The summed E-state index contributed by atoms with van der Waals surface area (Å²) in [5.74, 6) is -0.157. The number of amides is 2. The van der Waals surface area contributed by atoms with E-state index >= 15 is 0 Å². The number of nitrogens with one attached hydrogen (secondary N) is 2. The molecule has 1 fully saturated rings. The lowest BCUT2D eigenvalue weighted by Crippen LogP contribution is -2.39. The van der Waals surface area contributed by atoms with Crippen molar-refractivity contribution < 1.29 is 9.59 Å². The van der Waals surface area contributed by atoms with Crippen molar-refractivity contribution in [2.24, 2.45) is 11.1 Å². The maximum absolute atomic E-state index is 12.2. The number of hydrogen-bond acceptors (Lipinski definition) is 3. The fraction of sp³-hybridized carbons (Fsp3) is 0.579. The molecule has 0 saturated heterocycles. The van der Waals surface area contributed by atoms with E-state index in [4.69, 9.17) is 17.3 Å². The van der Waals surface area contributed by atoms with E-state index in [-0.39, 0.29) is 36.1 Å². The Hall–Kier alpha value is -1.30. The lowest BCUT2D eigenvalue weighted by atomic mass is 9.71. The lowest BCUT2D eigenvalue weighted by molar-refractivity contribution is -0.124. The second kappa shape index (κ2) is 10.8. The average Bonchev–Trinajstić information content (AvgIpc) is 2.60. The van der Waals surface area contributed by atoms with Crippen molar-refractivity contribution in [1.82, 2.24) is 5.32 Å². The van der Waals surface area contributed by atoms with E-state index in [0.717, 1.165) is 31.2 Å². The molecule has 0 heterocycles. The highest BCUT2D eigenvalue weighted by Crippen LogP contribution is 2.38. The lowest BCUT2D eigenvalue weighted by Gasteiger charge is -2.35. The van der Waals surface area contributed by atoms with E-state index in [0.29, 0.717) is 30.2 Å². The summed E-state index contributed by atoms with van der Waals surface area (Å²) in [7, 11) is 0. The Bertz CT molecular complexity index is 617. The van der Waals surface area contributed by atoms with Crippen LogP contribution >= 0.6 is 24.0 Å². The fourth-order valence-corrected chi connectivity index (χ4v) is 3.60. The van der Waals surface area contributed by atoms with Crippen LogP contribution in [0.3, 0.4) is 0 Å². The Kier molecular flexibility index (Phi) is 9.41. The van der Waals surface area contributed by atoms with Crippen molar-refractivity contribution in [1.29, 1.82) is 0 Å². The van der Waals surface area contributed by atoms with Crippen LogP contribution < -0.4 is 16.4 Å². The molecular formula is C19H29Cl2N3O2. The van der Waals surface area contributed by atoms with Gasteiger partial charge in [0.1, 0.15) is 0 Å². The number of carbonyl (C=O) groups excluding carboxylic acids is 2. The summed E-state index contributed by atoms with van der Waals surface area (Å²) in [6, 6.07) is 5.39. The Balaban J connectivity index is 0.00000338. The Morgan fingerprint density at radius 3 is 2.54 bits per heavy atom. The van der Waals surface area contributed by atoms with Gasteiger partial charge in [-0.15, -0.1) is 12.4 Å². The van der Waals surface area contributed by atoms with Crippen LogP contribution in [0.5, 0.6) is 0 Å². The number of nitrogens with two attached hydrogens (primary N) is 1. The molecule has 1 aromatic carbocycles. The van der Waals surface area contributed by atoms with E-state index in [1.165, 1.54) is 6.42 Å². The second-order valence-electron chi connectivity index (χ2n) is 7.00. The van der Waals surface area contributed by atoms with Crippen LogP contribution in [0.1, 0.15) is 50.5 Å². The molecule has 0 atom stereocenters. The standard InChI is InChI=1S/C19H28ClN3O2.ClH/c1-14-15(20)6-5-7-16(14)23-17(24)8-11-22-18(25)12-19(13-21)9-3-2-4-10-19;/h5-7H,2-4,8-13,21H2,1H3,(H,22,25)(H,23,24);1H. The normalized spacial score (nSPS) is 15.7. The molecule has 2 amide bonds. The van der Waals surface area contributed by atoms with E-state index < -0.39 is 0 Å². The summed E-state index contributed by atoms with van der Waals surface area (Å²) in [5, 5.41) is 6.30. The molecule has 1 aromatic rings. The van der Waals surface area contributed by atoms with E-state index in [9.17, 15) is 9.59 Å². The van der Waals surface area contributed by atoms with Crippen LogP contribution in [0.4, 0.5) is 5.69 Å². The van der Waals surface area contributed by atoms with Crippen molar-refractivity contribution in [3.05, 3.63) is 28.8 Å². The highest BCUT2D eigenvalue weighted by molar-refractivity contribution is 6.31. The van der Waals surface area contributed by atoms with Crippen LogP contribution in [0.15, 0.2) is 18.2 Å². The van der Waals surface area contributed by atoms with Gasteiger partial charge in [0.05, 0.1) is 0 Å². The zero-order valence-electron chi connectivity index (χ0n) is 15.3. The molecule has 0 radical (unpaired) electrons. The summed E-state index contributed by atoms with van der Waals surface area (Å²) in [5.41, 5.74) is 7.41. The number of hydrogen-bond donors (Lipinski definition) is 3. The molecule has 1 aliphatic rings. The van der Waals surface area contributed by atoms with Gasteiger partial charge in [-0.1, -0.05) is 36.9 Å². The van der Waals surface area contributed by atoms with Crippen LogP contribution in [0, 0.1) is 12.3 Å². The molecule has 0 aromatic heterocycles. The van der Waals surface area contributed by atoms with Gasteiger partial charge in [-0.3, -0.25) is 9.59 Å². The van der Waals surface area contributed by atoms with Gasteiger partial charge in [-0.05, 0) is 49.4 Å². The first-order chi connectivity index (χ1) is 12.0. The third kappa shape index (κ3) is 6.45. The number of anilines is 1. The van der Waals surface area contributed by atoms with Gasteiger partial charge in [-0.2, -0.15) is 0 Å². The smallest absolute Gasteiger partial charge is 0.226 e. The SMILES string of the molecule is Cc1c(Cl)cccc1NC(=O)CCNC(=O)CC1(CN)CCCCC1.Cl. The largest absolute Gasteiger partial charge is 0.356 e. The average molecular weight is 402 g/mol. The van der Waals surface area contributed by atoms with Crippen LogP contribution in [0.2, 0.25) is 5.02 Å². The van der Waals surface area contributed by atoms with Gasteiger partial charge in [0.25, 0.3) is 0 Å². The number of carbonyl (C=O) groups is 2. The third-order valence-corrected chi connectivity index (χ3v) is 5.51. The molecule has 146 valence electrons. The minimum atomic E-state index is -0.142. The molecule has 4 N–H and O–H groups in total. The van der Waals surface area contributed by atoms with Gasteiger partial charge in [0, 0.05) is 30.1 Å². The van der Waals surface area contributed by atoms with Gasteiger partial charge >= 0.3 is 0 Å². The molecule has 26 heavy (non-hydrogen) atoms. The van der Waals surface area contributed by atoms with Crippen LogP contribution in [-0.4, -0.2) is 24.9 Å². The topological polar surface area (TPSA) is 84.2 Å². The summed E-state index contributed by atoms with van der Waals surface area (Å²) in [6.07, 6.45) is 6.24. The molecule has 5 nitrogen and oxygen atoms in total. The molecule has 1 saturated carbocycles.